The molecule has 0 unspecified atom stereocenters. The van der Waals surface area contributed by atoms with Gasteiger partial charge >= 0.3 is 0 Å². The first-order chi connectivity index (χ1) is 5.31. The van der Waals surface area contributed by atoms with Gasteiger partial charge in [-0.15, -0.1) is 0 Å². The van der Waals surface area contributed by atoms with Crippen LogP contribution in [-0.4, -0.2) is 9.55 Å². The van der Waals surface area contributed by atoms with Crippen molar-refractivity contribution in [1.82, 2.24) is 9.55 Å². The lowest BCUT2D eigenvalue weighted by molar-refractivity contribution is 1.09. The molecule has 1 rings (SSSR count). The summed E-state index contributed by atoms with van der Waals surface area (Å²) in [7, 11) is 0. The summed E-state index contributed by atoms with van der Waals surface area (Å²) in [6.07, 6.45) is 10.2. The Kier molecular flexibility index (Phi) is 1.93. The van der Waals surface area contributed by atoms with E-state index >= 15 is 0 Å². The van der Waals surface area contributed by atoms with Crippen molar-refractivity contribution in [3.8, 4) is 12.5 Å². The molecule has 0 saturated carbocycles. The fourth-order valence-electron chi connectivity index (χ4n) is 0.759. The highest BCUT2D eigenvalue weighted by atomic mass is 15.0. The van der Waals surface area contributed by atoms with Crippen LogP contribution in [0.2, 0.25) is 0 Å². The molecule has 2 nitrogen and oxygen atoms in total. The standard InChI is InChI=1S/C9H8N2/c1-4-8-7-11(6-3)9(5-2)10-8/h3-5,7H,1-2H2. The van der Waals surface area contributed by atoms with Gasteiger partial charge in [0.05, 0.1) is 5.69 Å². The molecule has 2 heteroatoms. The summed E-state index contributed by atoms with van der Waals surface area (Å²) in [5.41, 5.74) is 0.762. The molecule has 1 aromatic rings. The van der Waals surface area contributed by atoms with Gasteiger partial charge in [-0.3, -0.25) is 4.57 Å². The number of terminal acetylenes is 1. The van der Waals surface area contributed by atoms with E-state index < -0.39 is 0 Å². The van der Waals surface area contributed by atoms with Gasteiger partial charge in [0, 0.05) is 12.2 Å². The summed E-state index contributed by atoms with van der Waals surface area (Å²) in [6.45, 7) is 7.15. The fraction of sp³-hybridized carbons (Fsp3) is 0. The van der Waals surface area contributed by atoms with Gasteiger partial charge in [0.2, 0.25) is 0 Å². The van der Waals surface area contributed by atoms with E-state index in [2.05, 4.69) is 24.2 Å². The van der Waals surface area contributed by atoms with Crippen LogP contribution in [0.25, 0.3) is 12.2 Å². The molecule has 0 N–H and O–H groups in total. The highest BCUT2D eigenvalue weighted by Gasteiger charge is 1.98. The van der Waals surface area contributed by atoms with E-state index in [1.165, 1.54) is 0 Å². The molecular weight excluding hydrogens is 136 g/mol. The van der Waals surface area contributed by atoms with Gasteiger partial charge in [-0.25, -0.2) is 4.98 Å². The quantitative estimate of drug-likeness (QED) is 0.576. The molecule has 0 amide bonds. The van der Waals surface area contributed by atoms with Crippen LogP contribution < -0.4 is 0 Å². The van der Waals surface area contributed by atoms with Gasteiger partial charge in [-0.1, -0.05) is 19.6 Å². The molecule has 54 valence electrons. The first-order valence-electron chi connectivity index (χ1n) is 3.12. The van der Waals surface area contributed by atoms with Gasteiger partial charge < -0.3 is 0 Å². The predicted molar refractivity (Wildman–Crippen MR) is 46.6 cm³/mol. The Balaban J connectivity index is 3.25. The SMILES string of the molecule is C#Cn1cc(C=C)nc1C=C. The maximum atomic E-state index is 5.19. The minimum absolute atomic E-state index is 0.669. The van der Waals surface area contributed by atoms with Gasteiger partial charge in [0.15, 0.2) is 0 Å². The van der Waals surface area contributed by atoms with E-state index in [9.17, 15) is 0 Å². The van der Waals surface area contributed by atoms with Crippen LogP contribution in [0, 0.1) is 12.5 Å². The zero-order valence-corrected chi connectivity index (χ0v) is 6.12. The average molecular weight is 144 g/mol. The largest absolute Gasteiger partial charge is 0.258 e. The van der Waals surface area contributed by atoms with Crippen molar-refractivity contribution in [3.63, 3.8) is 0 Å². The van der Waals surface area contributed by atoms with Crippen LogP contribution in [0.15, 0.2) is 19.4 Å². The second-order valence-corrected chi connectivity index (χ2v) is 1.93. The number of nitrogens with zero attached hydrogens (tertiary/aromatic N) is 2. The number of hydrogen-bond donors (Lipinski definition) is 0. The van der Waals surface area contributed by atoms with Crippen LogP contribution in [-0.2, 0) is 0 Å². The van der Waals surface area contributed by atoms with E-state index in [1.807, 2.05) is 0 Å². The first kappa shape index (κ1) is 7.36. The third-order valence-electron chi connectivity index (χ3n) is 1.28. The number of rotatable bonds is 2. The zero-order valence-electron chi connectivity index (χ0n) is 6.12. The summed E-state index contributed by atoms with van der Waals surface area (Å²) in [5, 5.41) is 0. The van der Waals surface area contributed by atoms with Crippen LogP contribution in [0.3, 0.4) is 0 Å². The van der Waals surface area contributed by atoms with Gasteiger partial charge in [-0.05, 0) is 12.2 Å². The average Bonchev–Trinajstić information content (AvgIpc) is 2.46. The minimum Gasteiger partial charge on any atom is -0.258 e. The lowest BCUT2D eigenvalue weighted by Gasteiger charge is -1.87. The molecule has 0 aliphatic rings. The minimum atomic E-state index is 0.669. The highest BCUT2D eigenvalue weighted by Crippen LogP contribution is 2.03. The van der Waals surface area contributed by atoms with Crippen LogP contribution >= 0.6 is 0 Å². The fourth-order valence-corrected chi connectivity index (χ4v) is 0.759. The molecule has 0 saturated heterocycles. The number of aromatic nitrogens is 2. The van der Waals surface area contributed by atoms with Crippen molar-refractivity contribution < 1.29 is 0 Å². The molecule has 0 fully saturated rings. The predicted octanol–water partition coefficient (Wildman–Crippen LogP) is 1.61. The maximum Gasteiger partial charge on any atom is 0.144 e. The second kappa shape index (κ2) is 2.89. The van der Waals surface area contributed by atoms with Crippen LogP contribution in [0.5, 0.6) is 0 Å². The van der Waals surface area contributed by atoms with Gasteiger partial charge in [0.1, 0.15) is 5.82 Å². The van der Waals surface area contributed by atoms with Crippen LogP contribution in [0.1, 0.15) is 11.5 Å². The van der Waals surface area contributed by atoms with E-state index in [4.69, 9.17) is 6.42 Å². The second-order valence-electron chi connectivity index (χ2n) is 1.93. The Hall–Kier alpha value is -1.75. The van der Waals surface area contributed by atoms with Crippen molar-refractivity contribution in [1.29, 1.82) is 0 Å². The van der Waals surface area contributed by atoms with Gasteiger partial charge in [-0.2, -0.15) is 0 Å². The Morgan fingerprint density at radius 2 is 2.27 bits per heavy atom. The summed E-state index contributed by atoms with van der Waals surface area (Å²) < 4.78 is 1.56. The Morgan fingerprint density at radius 1 is 1.55 bits per heavy atom. The molecule has 0 spiro atoms. The Morgan fingerprint density at radius 3 is 2.64 bits per heavy atom. The third-order valence-corrected chi connectivity index (χ3v) is 1.28. The molecule has 0 aliphatic carbocycles. The zero-order chi connectivity index (χ0) is 8.27. The van der Waals surface area contributed by atoms with Crippen LogP contribution in [0.4, 0.5) is 0 Å². The topological polar surface area (TPSA) is 17.8 Å². The maximum absolute atomic E-state index is 5.19. The molecule has 0 atom stereocenters. The first-order valence-corrected chi connectivity index (χ1v) is 3.12. The molecule has 0 radical (unpaired) electrons. The van der Waals surface area contributed by atoms with Crippen molar-refractivity contribution in [2.45, 2.75) is 0 Å². The molecule has 11 heavy (non-hydrogen) atoms. The molecule has 1 aromatic heterocycles. The smallest absolute Gasteiger partial charge is 0.144 e. The third kappa shape index (κ3) is 1.22. The van der Waals surface area contributed by atoms with E-state index in [1.54, 1.807) is 22.9 Å². The van der Waals surface area contributed by atoms with E-state index in [0.29, 0.717) is 5.82 Å². The normalized spacial score (nSPS) is 8.64. The number of imidazole rings is 1. The number of hydrogen-bond acceptors (Lipinski definition) is 1. The van der Waals surface area contributed by atoms with E-state index in [0.717, 1.165) is 5.69 Å². The molecule has 0 aliphatic heterocycles. The Bertz CT molecular complexity index is 326. The lowest BCUT2D eigenvalue weighted by Crippen LogP contribution is -1.87. The highest BCUT2D eigenvalue weighted by molar-refractivity contribution is 5.47. The van der Waals surface area contributed by atoms with Crippen molar-refractivity contribution in [2.75, 3.05) is 0 Å². The molecular formula is C9H8N2. The summed E-state index contributed by atoms with van der Waals surface area (Å²) in [6, 6.07) is 2.44. The van der Waals surface area contributed by atoms with E-state index in [-0.39, 0.29) is 0 Å². The summed E-state index contributed by atoms with van der Waals surface area (Å²) in [5.74, 6) is 0.669. The Labute approximate surface area is 65.9 Å². The van der Waals surface area contributed by atoms with Crippen molar-refractivity contribution in [3.05, 3.63) is 30.9 Å². The van der Waals surface area contributed by atoms with Crippen molar-refractivity contribution >= 4 is 12.2 Å². The van der Waals surface area contributed by atoms with Gasteiger partial charge in [0.25, 0.3) is 0 Å². The molecule has 1 heterocycles. The van der Waals surface area contributed by atoms with Crippen molar-refractivity contribution in [2.24, 2.45) is 0 Å². The monoisotopic (exact) mass is 144 g/mol. The lowest BCUT2D eigenvalue weighted by atomic mass is 10.5. The molecule has 0 aromatic carbocycles. The summed E-state index contributed by atoms with van der Waals surface area (Å²) in [4.78, 5) is 4.10. The molecule has 0 bridgehead atoms. The summed E-state index contributed by atoms with van der Waals surface area (Å²) >= 11 is 0.